The number of hydrogen-bond donors (Lipinski definition) is 3. The molecule has 0 heterocycles. The first-order valence-corrected chi connectivity index (χ1v) is 3.10. The van der Waals surface area contributed by atoms with Gasteiger partial charge >= 0.3 is 6.18 Å². The molecule has 0 aromatic rings. The molecule has 6 N–H and O–H groups in total. The lowest BCUT2D eigenvalue weighted by molar-refractivity contribution is -0.150. The number of nitrogens with two attached hydrogens (primary N) is 3. The van der Waals surface area contributed by atoms with Crippen molar-refractivity contribution in [3.8, 4) is 0 Å². The molecule has 1 atom stereocenters. The van der Waals surface area contributed by atoms with Crippen LogP contribution in [0.15, 0.2) is 12.4 Å². The molecule has 1 unspecified atom stereocenters. The Labute approximate surface area is 67.8 Å². The van der Waals surface area contributed by atoms with E-state index in [0.29, 0.717) is 0 Å². The lowest BCUT2D eigenvalue weighted by Crippen LogP contribution is -2.47. The third kappa shape index (κ3) is 4.04. The summed E-state index contributed by atoms with van der Waals surface area (Å²) in [6.45, 7) is -0.517. The van der Waals surface area contributed by atoms with Crippen molar-refractivity contribution in [3.05, 3.63) is 12.4 Å². The first-order chi connectivity index (χ1) is 5.38. The molecule has 0 radical (unpaired) electrons. The van der Waals surface area contributed by atoms with Gasteiger partial charge in [-0.2, -0.15) is 13.2 Å². The second-order valence-corrected chi connectivity index (χ2v) is 2.19. The van der Waals surface area contributed by atoms with Gasteiger partial charge in [-0.25, -0.2) is 5.84 Å². The van der Waals surface area contributed by atoms with Crippen molar-refractivity contribution in [2.75, 3.05) is 6.54 Å². The predicted octanol–water partition coefficient (Wildman–Crippen LogP) is -0.518. The van der Waals surface area contributed by atoms with Gasteiger partial charge < -0.3 is 16.5 Å². The Hall–Kier alpha value is -0.950. The largest absolute Gasteiger partial charge is 0.405 e. The van der Waals surface area contributed by atoms with E-state index in [2.05, 4.69) is 0 Å². The Morgan fingerprint density at radius 1 is 1.42 bits per heavy atom. The highest BCUT2D eigenvalue weighted by atomic mass is 19.4. The molecule has 0 aliphatic heterocycles. The summed E-state index contributed by atoms with van der Waals surface area (Å²) in [6.07, 6.45) is -2.30. The van der Waals surface area contributed by atoms with E-state index in [1.807, 2.05) is 0 Å². The van der Waals surface area contributed by atoms with Crippen LogP contribution in [0, 0.1) is 0 Å². The molecular weight excluding hydrogens is 173 g/mol. The fourth-order valence-corrected chi connectivity index (χ4v) is 0.502. The Kier molecular flexibility index (Phi) is 3.84. The summed E-state index contributed by atoms with van der Waals surface area (Å²) in [5.41, 5.74) is 9.65. The van der Waals surface area contributed by atoms with Crippen LogP contribution in [-0.2, 0) is 0 Å². The molecule has 0 saturated heterocycles. The highest BCUT2D eigenvalue weighted by Crippen LogP contribution is 2.18. The fraction of sp³-hybridized carbons (Fsp3) is 0.600. The van der Waals surface area contributed by atoms with Crippen molar-refractivity contribution in [3.63, 3.8) is 0 Å². The SMILES string of the molecule is N/C=C\N(N)CC(N)C(F)(F)F. The maximum atomic E-state index is 11.8. The minimum absolute atomic E-state index is 0.517. The van der Waals surface area contributed by atoms with Crippen LogP contribution in [0.3, 0.4) is 0 Å². The first-order valence-electron chi connectivity index (χ1n) is 3.10. The minimum Gasteiger partial charge on any atom is -0.403 e. The van der Waals surface area contributed by atoms with Gasteiger partial charge in [0.15, 0.2) is 0 Å². The second-order valence-electron chi connectivity index (χ2n) is 2.19. The maximum absolute atomic E-state index is 11.8. The summed E-state index contributed by atoms with van der Waals surface area (Å²) >= 11 is 0. The third-order valence-corrected chi connectivity index (χ3v) is 1.11. The van der Waals surface area contributed by atoms with Gasteiger partial charge in [0.1, 0.15) is 6.04 Å². The van der Waals surface area contributed by atoms with Crippen molar-refractivity contribution in [2.45, 2.75) is 12.2 Å². The van der Waals surface area contributed by atoms with Crippen LogP contribution in [0.5, 0.6) is 0 Å². The molecule has 0 spiro atoms. The van der Waals surface area contributed by atoms with Crippen molar-refractivity contribution in [2.24, 2.45) is 17.3 Å². The molecule has 72 valence electrons. The lowest BCUT2D eigenvalue weighted by Gasteiger charge is -2.20. The number of hydrazine groups is 1. The first kappa shape index (κ1) is 11.1. The van der Waals surface area contributed by atoms with Crippen LogP contribution in [0.4, 0.5) is 13.2 Å². The smallest absolute Gasteiger partial charge is 0.403 e. The Morgan fingerprint density at radius 3 is 2.25 bits per heavy atom. The average molecular weight is 184 g/mol. The summed E-state index contributed by atoms with van der Waals surface area (Å²) in [5.74, 6) is 5.07. The normalized spacial score (nSPS) is 15.1. The number of hydrogen-bond acceptors (Lipinski definition) is 4. The molecule has 12 heavy (non-hydrogen) atoms. The number of nitrogens with zero attached hydrogens (tertiary/aromatic N) is 1. The minimum atomic E-state index is -4.43. The lowest BCUT2D eigenvalue weighted by atomic mass is 10.3. The van der Waals surface area contributed by atoms with E-state index in [1.165, 1.54) is 0 Å². The topological polar surface area (TPSA) is 81.3 Å². The molecule has 0 aromatic carbocycles. The quantitative estimate of drug-likeness (QED) is 0.407. The standard InChI is InChI=1S/C5H11F3N4/c6-5(7,8)4(10)3-12(11)2-1-9/h1-2,4H,3,9-11H2/b2-1-. The monoisotopic (exact) mass is 184 g/mol. The van der Waals surface area contributed by atoms with Gasteiger partial charge in [0.25, 0.3) is 0 Å². The molecule has 0 aliphatic carbocycles. The van der Waals surface area contributed by atoms with E-state index in [1.54, 1.807) is 0 Å². The molecule has 0 rings (SSSR count). The number of halogens is 3. The highest BCUT2D eigenvalue weighted by Gasteiger charge is 2.37. The third-order valence-electron chi connectivity index (χ3n) is 1.11. The Bertz CT molecular complexity index is 155. The Balaban J connectivity index is 3.92. The van der Waals surface area contributed by atoms with Crippen molar-refractivity contribution >= 4 is 0 Å². The predicted molar refractivity (Wildman–Crippen MR) is 38.3 cm³/mol. The molecule has 0 aromatic heterocycles. The van der Waals surface area contributed by atoms with Crippen LogP contribution in [-0.4, -0.2) is 23.8 Å². The van der Waals surface area contributed by atoms with Crippen molar-refractivity contribution in [1.29, 1.82) is 0 Å². The summed E-state index contributed by atoms with van der Waals surface area (Å²) < 4.78 is 35.4. The molecule has 7 heteroatoms. The summed E-state index contributed by atoms with van der Waals surface area (Å²) in [6, 6.07) is -1.96. The van der Waals surface area contributed by atoms with Crippen LogP contribution in [0.1, 0.15) is 0 Å². The molecular formula is C5H11F3N4. The molecule has 4 nitrogen and oxygen atoms in total. The van der Waals surface area contributed by atoms with Gasteiger partial charge in [0.2, 0.25) is 0 Å². The fourth-order valence-electron chi connectivity index (χ4n) is 0.502. The van der Waals surface area contributed by atoms with Gasteiger partial charge in [-0.1, -0.05) is 0 Å². The maximum Gasteiger partial charge on any atom is 0.405 e. The Morgan fingerprint density at radius 2 is 1.92 bits per heavy atom. The van der Waals surface area contributed by atoms with Gasteiger partial charge in [0.05, 0.1) is 6.54 Å². The van der Waals surface area contributed by atoms with E-state index in [4.69, 9.17) is 17.3 Å². The van der Waals surface area contributed by atoms with Crippen LogP contribution in [0.25, 0.3) is 0 Å². The van der Waals surface area contributed by atoms with Crippen molar-refractivity contribution < 1.29 is 13.2 Å². The number of alkyl halides is 3. The van der Waals surface area contributed by atoms with Crippen LogP contribution >= 0.6 is 0 Å². The second kappa shape index (κ2) is 4.17. The summed E-state index contributed by atoms with van der Waals surface area (Å²) in [7, 11) is 0. The highest BCUT2D eigenvalue weighted by molar-refractivity contribution is 4.80. The van der Waals surface area contributed by atoms with Gasteiger partial charge in [-0.15, -0.1) is 0 Å². The molecule has 0 aliphatic rings. The molecule has 0 bridgehead atoms. The van der Waals surface area contributed by atoms with E-state index in [0.717, 1.165) is 17.4 Å². The van der Waals surface area contributed by atoms with Crippen LogP contribution < -0.4 is 17.3 Å². The molecule has 0 fully saturated rings. The average Bonchev–Trinajstić information content (AvgIpc) is 1.85. The van der Waals surface area contributed by atoms with E-state index in [-0.39, 0.29) is 0 Å². The molecule has 0 amide bonds. The van der Waals surface area contributed by atoms with Crippen LogP contribution in [0.2, 0.25) is 0 Å². The molecule has 0 saturated carbocycles. The van der Waals surface area contributed by atoms with E-state index < -0.39 is 18.8 Å². The van der Waals surface area contributed by atoms with Gasteiger partial charge in [-0.3, -0.25) is 0 Å². The zero-order valence-electron chi connectivity index (χ0n) is 6.25. The number of rotatable bonds is 3. The summed E-state index contributed by atoms with van der Waals surface area (Å²) in [4.78, 5) is 0. The van der Waals surface area contributed by atoms with Gasteiger partial charge in [-0.05, 0) is 0 Å². The van der Waals surface area contributed by atoms with Gasteiger partial charge in [0, 0.05) is 12.4 Å². The van der Waals surface area contributed by atoms with Crippen molar-refractivity contribution in [1.82, 2.24) is 5.01 Å². The summed E-state index contributed by atoms with van der Waals surface area (Å²) in [5, 5.41) is 0.776. The zero-order valence-corrected chi connectivity index (χ0v) is 6.25. The van der Waals surface area contributed by atoms with E-state index >= 15 is 0 Å². The zero-order chi connectivity index (χ0) is 9.78. The van der Waals surface area contributed by atoms with E-state index in [9.17, 15) is 13.2 Å².